The highest BCUT2D eigenvalue weighted by atomic mass is 79.9. The molecule has 0 bridgehead atoms. The van der Waals surface area contributed by atoms with E-state index in [1.54, 1.807) is 0 Å². The third-order valence-electron chi connectivity index (χ3n) is 2.82. The van der Waals surface area contributed by atoms with Gasteiger partial charge in [-0.05, 0) is 33.2 Å². The summed E-state index contributed by atoms with van der Waals surface area (Å²) in [5.74, 6) is 0. The zero-order valence-electron chi connectivity index (χ0n) is 9.34. The summed E-state index contributed by atoms with van der Waals surface area (Å²) in [5.41, 5.74) is 0. The third kappa shape index (κ3) is 4.28. The van der Waals surface area contributed by atoms with E-state index in [4.69, 9.17) is 4.74 Å². The predicted octanol–water partition coefficient (Wildman–Crippen LogP) is 2.66. The summed E-state index contributed by atoms with van der Waals surface area (Å²) >= 11 is 3.46. The molecule has 1 rings (SSSR count). The van der Waals surface area contributed by atoms with E-state index in [9.17, 15) is 0 Å². The van der Waals surface area contributed by atoms with E-state index in [0.29, 0.717) is 12.1 Å². The van der Waals surface area contributed by atoms with Gasteiger partial charge in [0.05, 0.1) is 12.7 Å². The zero-order valence-corrected chi connectivity index (χ0v) is 10.9. The zero-order chi connectivity index (χ0) is 10.4. The Morgan fingerprint density at radius 2 is 2.07 bits per heavy atom. The number of unbranched alkanes of at least 4 members (excludes halogenated alkanes) is 2. The molecule has 2 unspecified atom stereocenters. The van der Waals surface area contributed by atoms with Crippen molar-refractivity contribution in [2.45, 2.75) is 45.3 Å². The number of halogens is 1. The van der Waals surface area contributed by atoms with Gasteiger partial charge in [-0.1, -0.05) is 22.4 Å². The van der Waals surface area contributed by atoms with Gasteiger partial charge in [0.25, 0.3) is 0 Å². The highest BCUT2D eigenvalue weighted by molar-refractivity contribution is 9.09. The van der Waals surface area contributed by atoms with Crippen molar-refractivity contribution in [1.29, 1.82) is 0 Å². The summed E-state index contributed by atoms with van der Waals surface area (Å²) in [4.78, 5) is 2.56. The fraction of sp³-hybridized carbons (Fsp3) is 1.00. The maximum absolute atomic E-state index is 5.60. The normalized spacial score (nSPS) is 29.4. The Hall–Kier alpha value is 0.400. The van der Waals surface area contributed by atoms with Crippen molar-refractivity contribution in [3.8, 4) is 0 Å². The minimum absolute atomic E-state index is 0.419. The van der Waals surface area contributed by atoms with Crippen molar-refractivity contribution >= 4 is 15.9 Å². The molecule has 84 valence electrons. The molecule has 0 radical (unpaired) electrons. The minimum atomic E-state index is 0.419. The van der Waals surface area contributed by atoms with Crippen molar-refractivity contribution < 1.29 is 4.74 Å². The molecule has 1 heterocycles. The van der Waals surface area contributed by atoms with E-state index in [0.717, 1.165) is 18.5 Å². The first-order valence-electron chi connectivity index (χ1n) is 5.65. The molecule has 0 aromatic carbocycles. The number of alkyl halides is 1. The van der Waals surface area contributed by atoms with Gasteiger partial charge in [0.2, 0.25) is 0 Å². The van der Waals surface area contributed by atoms with Crippen molar-refractivity contribution in [2.75, 3.05) is 25.0 Å². The Balaban J connectivity index is 2.14. The van der Waals surface area contributed by atoms with Crippen molar-refractivity contribution in [1.82, 2.24) is 4.90 Å². The van der Waals surface area contributed by atoms with Crippen LogP contribution in [0.1, 0.15) is 33.1 Å². The number of morpholine rings is 1. The summed E-state index contributed by atoms with van der Waals surface area (Å²) in [7, 11) is 0. The molecule has 0 amide bonds. The van der Waals surface area contributed by atoms with E-state index in [2.05, 4.69) is 34.7 Å². The molecule has 1 aliphatic heterocycles. The number of nitrogens with zero attached hydrogens (tertiary/aromatic N) is 1. The molecule has 2 atom stereocenters. The summed E-state index contributed by atoms with van der Waals surface area (Å²) in [6.07, 6.45) is 4.38. The lowest BCUT2D eigenvalue weighted by Gasteiger charge is -2.36. The molecular weight excluding hydrogens is 242 g/mol. The van der Waals surface area contributed by atoms with Gasteiger partial charge in [-0.2, -0.15) is 0 Å². The lowest BCUT2D eigenvalue weighted by molar-refractivity contribution is -0.0496. The van der Waals surface area contributed by atoms with Crippen LogP contribution in [0.15, 0.2) is 0 Å². The van der Waals surface area contributed by atoms with Crippen LogP contribution >= 0.6 is 15.9 Å². The van der Waals surface area contributed by atoms with Crippen LogP contribution in [0.5, 0.6) is 0 Å². The number of rotatable bonds is 5. The molecular formula is C11H22BrNO. The van der Waals surface area contributed by atoms with Crippen LogP contribution in [0, 0.1) is 0 Å². The van der Waals surface area contributed by atoms with Crippen LogP contribution in [0.2, 0.25) is 0 Å². The second-order valence-electron chi connectivity index (χ2n) is 4.24. The first kappa shape index (κ1) is 12.5. The SMILES string of the molecule is CC1CN(CCCCCBr)C(C)CO1. The average molecular weight is 264 g/mol. The fourth-order valence-corrected chi connectivity index (χ4v) is 2.27. The van der Waals surface area contributed by atoms with Crippen LogP contribution in [-0.4, -0.2) is 42.1 Å². The second-order valence-corrected chi connectivity index (χ2v) is 5.03. The van der Waals surface area contributed by atoms with Crippen LogP contribution in [0.25, 0.3) is 0 Å². The first-order valence-corrected chi connectivity index (χ1v) is 6.77. The summed E-state index contributed by atoms with van der Waals surface area (Å²) < 4.78 is 5.60. The summed E-state index contributed by atoms with van der Waals surface area (Å²) in [6.45, 7) is 7.67. The average Bonchev–Trinajstić information content (AvgIpc) is 2.18. The molecule has 0 spiro atoms. The first-order chi connectivity index (χ1) is 6.74. The molecule has 0 saturated carbocycles. The summed E-state index contributed by atoms with van der Waals surface area (Å²) in [5, 5.41) is 1.14. The Morgan fingerprint density at radius 3 is 2.79 bits per heavy atom. The van der Waals surface area contributed by atoms with E-state index in [-0.39, 0.29) is 0 Å². The Kier molecular flexibility index (Phi) is 6.06. The van der Waals surface area contributed by atoms with Crippen LogP contribution in [0.4, 0.5) is 0 Å². The Bertz CT molecular complexity index is 154. The molecule has 0 aromatic rings. The molecule has 1 aliphatic rings. The van der Waals surface area contributed by atoms with Gasteiger partial charge < -0.3 is 4.74 Å². The quantitative estimate of drug-likeness (QED) is 0.559. The van der Waals surface area contributed by atoms with E-state index in [1.165, 1.54) is 25.8 Å². The number of ether oxygens (including phenoxy) is 1. The minimum Gasteiger partial charge on any atom is -0.376 e. The van der Waals surface area contributed by atoms with E-state index >= 15 is 0 Å². The largest absolute Gasteiger partial charge is 0.376 e. The van der Waals surface area contributed by atoms with E-state index < -0.39 is 0 Å². The highest BCUT2D eigenvalue weighted by Gasteiger charge is 2.22. The molecule has 0 aliphatic carbocycles. The van der Waals surface area contributed by atoms with Gasteiger partial charge in [-0.3, -0.25) is 4.90 Å². The molecule has 1 fully saturated rings. The predicted molar refractivity (Wildman–Crippen MR) is 64.1 cm³/mol. The van der Waals surface area contributed by atoms with Gasteiger partial charge in [0.1, 0.15) is 0 Å². The molecule has 14 heavy (non-hydrogen) atoms. The molecule has 3 heteroatoms. The second kappa shape index (κ2) is 6.81. The third-order valence-corrected chi connectivity index (χ3v) is 3.38. The van der Waals surface area contributed by atoms with E-state index in [1.807, 2.05) is 0 Å². The maximum atomic E-state index is 5.60. The lowest BCUT2D eigenvalue weighted by atomic mass is 10.1. The molecule has 1 saturated heterocycles. The fourth-order valence-electron chi connectivity index (χ4n) is 1.87. The monoisotopic (exact) mass is 263 g/mol. The summed E-state index contributed by atoms with van der Waals surface area (Å²) in [6, 6.07) is 0.607. The van der Waals surface area contributed by atoms with Crippen LogP contribution in [-0.2, 0) is 4.74 Å². The van der Waals surface area contributed by atoms with Gasteiger partial charge >= 0.3 is 0 Å². The maximum Gasteiger partial charge on any atom is 0.0674 e. The molecule has 0 N–H and O–H groups in total. The number of hydrogen-bond donors (Lipinski definition) is 0. The van der Waals surface area contributed by atoms with Gasteiger partial charge in [-0.25, -0.2) is 0 Å². The standard InChI is InChI=1S/C11H22BrNO/c1-10-9-14-11(2)8-13(10)7-5-3-4-6-12/h10-11H,3-9H2,1-2H3. The lowest BCUT2D eigenvalue weighted by Crippen LogP contribution is -2.47. The van der Waals surface area contributed by atoms with Crippen molar-refractivity contribution in [3.05, 3.63) is 0 Å². The van der Waals surface area contributed by atoms with Crippen LogP contribution < -0.4 is 0 Å². The topological polar surface area (TPSA) is 12.5 Å². The van der Waals surface area contributed by atoms with Gasteiger partial charge in [0.15, 0.2) is 0 Å². The molecule has 0 aromatic heterocycles. The number of hydrogen-bond acceptors (Lipinski definition) is 2. The van der Waals surface area contributed by atoms with Crippen LogP contribution in [0.3, 0.4) is 0 Å². The Labute approximate surface area is 96.1 Å². The smallest absolute Gasteiger partial charge is 0.0674 e. The Morgan fingerprint density at radius 1 is 1.29 bits per heavy atom. The molecule has 2 nitrogen and oxygen atoms in total. The van der Waals surface area contributed by atoms with Gasteiger partial charge in [0, 0.05) is 17.9 Å². The van der Waals surface area contributed by atoms with Crippen molar-refractivity contribution in [3.63, 3.8) is 0 Å². The van der Waals surface area contributed by atoms with Gasteiger partial charge in [-0.15, -0.1) is 0 Å². The van der Waals surface area contributed by atoms with Crippen molar-refractivity contribution in [2.24, 2.45) is 0 Å². The highest BCUT2D eigenvalue weighted by Crippen LogP contribution is 2.12.